The number of para-hydroxylation sites is 1. The zero-order valence-electron chi connectivity index (χ0n) is 23.7. The van der Waals surface area contributed by atoms with Crippen LogP contribution in [0.1, 0.15) is 46.4 Å². The molecular formula is C32H36N4O4. The van der Waals surface area contributed by atoms with Crippen LogP contribution in [0.5, 0.6) is 0 Å². The number of hydrogen-bond acceptors (Lipinski definition) is 7. The van der Waals surface area contributed by atoms with Crippen molar-refractivity contribution in [1.29, 1.82) is 0 Å². The van der Waals surface area contributed by atoms with Crippen LogP contribution in [-0.2, 0) is 0 Å². The second kappa shape index (κ2) is 11.2. The van der Waals surface area contributed by atoms with Gasteiger partial charge in [-0.2, -0.15) is 0 Å². The van der Waals surface area contributed by atoms with E-state index in [1.807, 2.05) is 38.1 Å². The van der Waals surface area contributed by atoms with E-state index in [9.17, 15) is 14.7 Å². The van der Waals surface area contributed by atoms with E-state index in [1.54, 1.807) is 31.2 Å². The highest BCUT2D eigenvalue weighted by molar-refractivity contribution is 5.94. The van der Waals surface area contributed by atoms with Gasteiger partial charge in [0.05, 0.1) is 23.7 Å². The first-order valence-corrected chi connectivity index (χ1v) is 13.6. The molecule has 0 radical (unpaired) electrons. The summed E-state index contributed by atoms with van der Waals surface area (Å²) in [6.45, 7) is 8.55. The number of carboxylic acids is 1. The summed E-state index contributed by atoms with van der Waals surface area (Å²) in [5.74, 6) is -0.461. The number of rotatable bonds is 7. The molecule has 0 amide bonds. The van der Waals surface area contributed by atoms with E-state index in [-0.39, 0.29) is 17.0 Å². The Morgan fingerprint density at radius 2 is 1.77 bits per heavy atom. The van der Waals surface area contributed by atoms with Gasteiger partial charge in [0.1, 0.15) is 11.3 Å². The predicted octanol–water partition coefficient (Wildman–Crippen LogP) is 5.89. The van der Waals surface area contributed by atoms with Crippen LogP contribution in [0.15, 0.2) is 69.9 Å². The van der Waals surface area contributed by atoms with Crippen LogP contribution in [0.3, 0.4) is 0 Å². The molecule has 0 bridgehead atoms. The first-order valence-electron chi connectivity index (χ1n) is 13.6. The Kier molecular flexibility index (Phi) is 7.65. The number of carboxylic acid groups (broad SMARTS) is 1. The van der Waals surface area contributed by atoms with Crippen molar-refractivity contribution in [2.45, 2.75) is 33.2 Å². The topological polar surface area (TPSA) is 89.3 Å². The van der Waals surface area contributed by atoms with Crippen molar-refractivity contribution < 1.29 is 14.3 Å². The van der Waals surface area contributed by atoms with Gasteiger partial charge >= 0.3 is 5.97 Å². The normalized spacial score (nSPS) is 15.0. The molecule has 8 heteroatoms. The molecule has 1 fully saturated rings. The van der Waals surface area contributed by atoms with Gasteiger partial charge in [0.15, 0.2) is 5.43 Å². The first kappa shape index (κ1) is 27.4. The number of carbonyl (C=O) groups is 1. The number of hydrazine groups is 1. The number of benzene rings is 3. The Bertz CT molecular complexity index is 1610. The highest BCUT2D eigenvalue weighted by atomic mass is 16.4. The molecule has 4 aromatic rings. The Labute approximate surface area is 234 Å². The molecule has 1 aliphatic rings. The minimum atomic E-state index is -1.00. The summed E-state index contributed by atoms with van der Waals surface area (Å²) in [6.07, 6.45) is 1.09. The van der Waals surface area contributed by atoms with Crippen LogP contribution in [-0.4, -0.2) is 54.9 Å². The van der Waals surface area contributed by atoms with Crippen LogP contribution in [0.2, 0.25) is 0 Å². The smallest absolute Gasteiger partial charge is 0.337 e. The van der Waals surface area contributed by atoms with Gasteiger partial charge in [-0.05, 0) is 75.2 Å². The fourth-order valence-electron chi connectivity index (χ4n) is 5.41. The van der Waals surface area contributed by atoms with E-state index in [0.29, 0.717) is 28.0 Å². The third-order valence-electron chi connectivity index (χ3n) is 7.63. The monoisotopic (exact) mass is 540 g/mol. The summed E-state index contributed by atoms with van der Waals surface area (Å²) < 4.78 is 6.53. The average molecular weight is 541 g/mol. The van der Waals surface area contributed by atoms with Gasteiger partial charge < -0.3 is 19.7 Å². The van der Waals surface area contributed by atoms with Crippen LogP contribution in [0.4, 0.5) is 11.4 Å². The fourth-order valence-corrected chi connectivity index (χ4v) is 5.41. The minimum absolute atomic E-state index is 0.0685. The van der Waals surface area contributed by atoms with Crippen LogP contribution < -0.4 is 15.6 Å². The summed E-state index contributed by atoms with van der Waals surface area (Å²) in [4.78, 5) is 27.7. The van der Waals surface area contributed by atoms with Crippen molar-refractivity contribution in [2.24, 2.45) is 0 Å². The van der Waals surface area contributed by atoms with Crippen molar-refractivity contribution in [3.63, 3.8) is 0 Å². The minimum Gasteiger partial charge on any atom is -0.478 e. The highest BCUT2D eigenvalue weighted by Gasteiger charge is 2.22. The largest absolute Gasteiger partial charge is 0.478 e. The second-order valence-electron chi connectivity index (χ2n) is 10.7. The van der Waals surface area contributed by atoms with E-state index in [2.05, 4.69) is 46.5 Å². The maximum absolute atomic E-state index is 13.6. The predicted molar refractivity (Wildman–Crippen MR) is 160 cm³/mol. The molecule has 1 aliphatic heterocycles. The van der Waals surface area contributed by atoms with Crippen molar-refractivity contribution >= 4 is 28.3 Å². The summed E-state index contributed by atoms with van der Waals surface area (Å²) in [5.41, 5.74) is 5.38. The molecule has 2 heterocycles. The Hall–Kier alpha value is -4.14. The van der Waals surface area contributed by atoms with E-state index >= 15 is 0 Å². The lowest BCUT2D eigenvalue weighted by molar-refractivity contribution is 0.0124. The summed E-state index contributed by atoms with van der Waals surface area (Å²) in [6, 6.07) is 18.5. The maximum Gasteiger partial charge on any atom is 0.337 e. The third-order valence-corrected chi connectivity index (χ3v) is 7.63. The Balaban J connectivity index is 1.53. The Morgan fingerprint density at radius 1 is 1.05 bits per heavy atom. The SMILES string of the molecule is Cc1cc([C@@H](C)Nc2ccccc2C(=O)O)c2oc(-c3ccc(N4CCCN(N(C)C)C4)cc3)c(C)c(=O)c2c1. The number of hydrogen-bond donors (Lipinski definition) is 2. The fraction of sp³-hybridized carbons (Fsp3) is 0.312. The Morgan fingerprint density at radius 3 is 2.48 bits per heavy atom. The lowest BCUT2D eigenvalue weighted by atomic mass is 9.98. The molecule has 208 valence electrons. The van der Waals surface area contributed by atoms with Gasteiger partial charge in [-0.3, -0.25) is 4.79 Å². The number of fused-ring (bicyclic) bond motifs is 1. The van der Waals surface area contributed by atoms with Crippen LogP contribution >= 0.6 is 0 Å². The van der Waals surface area contributed by atoms with Gasteiger partial charge in [-0.25, -0.2) is 14.8 Å². The number of nitrogens with zero attached hydrogens (tertiary/aromatic N) is 3. The average Bonchev–Trinajstić information content (AvgIpc) is 2.95. The summed E-state index contributed by atoms with van der Waals surface area (Å²) >= 11 is 0. The van der Waals surface area contributed by atoms with Crippen molar-refractivity contribution in [3.05, 3.63) is 93.1 Å². The lowest BCUT2D eigenvalue weighted by Crippen LogP contribution is -2.50. The molecule has 5 rings (SSSR count). The second-order valence-corrected chi connectivity index (χ2v) is 10.7. The van der Waals surface area contributed by atoms with Gasteiger partial charge in [-0.15, -0.1) is 0 Å². The number of nitrogens with one attached hydrogen (secondary N) is 1. The first-order chi connectivity index (χ1) is 19.1. The van der Waals surface area contributed by atoms with Gasteiger partial charge in [0.2, 0.25) is 0 Å². The van der Waals surface area contributed by atoms with Gasteiger partial charge in [0, 0.05) is 55.2 Å². The molecule has 0 aliphatic carbocycles. The highest BCUT2D eigenvalue weighted by Crippen LogP contribution is 2.33. The zero-order chi connectivity index (χ0) is 28.6. The summed E-state index contributed by atoms with van der Waals surface area (Å²) in [7, 11) is 4.13. The summed E-state index contributed by atoms with van der Waals surface area (Å²) in [5, 5.41) is 17.9. The van der Waals surface area contributed by atoms with E-state index in [1.165, 1.54) is 0 Å². The van der Waals surface area contributed by atoms with Gasteiger partial charge in [0.25, 0.3) is 0 Å². The maximum atomic E-state index is 13.6. The van der Waals surface area contributed by atoms with Crippen LogP contribution in [0, 0.1) is 13.8 Å². The number of aryl methyl sites for hydroxylation is 1. The number of anilines is 2. The van der Waals surface area contributed by atoms with Gasteiger partial charge in [-0.1, -0.05) is 18.2 Å². The lowest BCUT2D eigenvalue weighted by Gasteiger charge is -2.40. The molecular weight excluding hydrogens is 504 g/mol. The molecule has 0 saturated carbocycles. The van der Waals surface area contributed by atoms with Crippen LogP contribution in [0.25, 0.3) is 22.3 Å². The standard InChI is InChI=1S/C32H36N4O4/c1-20-17-26(22(3)33-28-10-7-6-9-25(28)32(38)39)31-27(18-20)29(37)21(2)30(40-31)23-11-13-24(14-12-23)35-15-8-16-36(19-35)34(4)5/h6-7,9-14,17-18,22,33H,8,15-16,19H2,1-5H3,(H,38,39)/t22-/m1/s1. The molecule has 8 nitrogen and oxygen atoms in total. The molecule has 2 N–H and O–H groups in total. The molecule has 3 aromatic carbocycles. The number of aromatic carboxylic acids is 1. The van der Waals surface area contributed by atoms with Crippen molar-refractivity contribution in [1.82, 2.24) is 10.0 Å². The van der Waals surface area contributed by atoms with E-state index in [4.69, 9.17) is 4.42 Å². The molecule has 1 aromatic heterocycles. The zero-order valence-corrected chi connectivity index (χ0v) is 23.7. The van der Waals surface area contributed by atoms with E-state index in [0.717, 1.165) is 48.6 Å². The molecule has 1 atom stereocenters. The molecule has 1 saturated heterocycles. The van der Waals surface area contributed by atoms with E-state index < -0.39 is 5.97 Å². The third kappa shape index (κ3) is 5.33. The van der Waals surface area contributed by atoms with Crippen molar-refractivity contribution in [2.75, 3.05) is 44.1 Å². The molecule has 0 unspecified atom stereocenters. The quantitative estimate of drug-likeness (QED) is 0.300. The molecule has 0 spiro atoms. The molecule has 40 heavy (non-hydrogen) atoms. The van der Waals surface area contributed by atoms with Crippen molar-refractivity contribution in [3.8, 4) is 11.3 Å².